The maximum absolute atomic E-state index is 6.81. The Bertz CT molecular complexity index is 1840. The summed E-state index contributed by atoms with van der Waals surface area (Å²) in [6, 6.07) is 40.6. The molecule has 6 rings (SSSR count). The average molecular weight is 679 g/mol. The summed E-state index contributed by atoms with van der Waals surface area (Å²) >= 11 is 0. The van der Waals surface area contributed by atoms with Crippen LogP contribution in [-0.2, 0) is 0 Å². The van der Waals surface area contributed by atoms with Crippen molar-refractivity contribution in [3.63, 3.8) is 0 Å². The molecule has 0 radical (unpaired) electrons. The summed E-state index contributed by atoms with van der Waals surface area (Å²) in [6.07, 6.45) is 0. The van der Waals surface area contributed by atoms with Crippen molar-refractivity contribution in [3.05, 3.63) is 78.9 Å². The summed E-state index contributed by atoms with van der Waals surface area (Å²) in [5, 5.41) is 9.81. The third-order valence-electron chi connectivity index (χ3n) is 12.7. The minimum absolute atomic E-state index is 1.01. The minimum Gasteiger partial charge on any atom is -0.456 e. The van der Waals surface area contributed by atoms with Crippen LogP contribution < -0.4 is 15.6 Å². The summed E-state index contributed by atoms with van der Waals surface area (Å²) in [5.41, 5.74) is 4.55. The molecule has 0 fully saturated rings. The first-order valence-corrected chi connectivity index (χ1v) is 26.5. The molecule has 0 saturated heterocycles. The third-order valence-corrected chi connectivity index (χ3v) is 29.5. The van der Waals surface area contributed by atoms with Gasteiger partial charge in [-0.05, 0) is 21.6 Å². The molecule has 4 aromatic carbocycles. The molecule has 2 heterocycles. The Morgan fingerprint density at radius 1 is 0.340 bits per heavy atom. The van der Waals surface area contributed by atoms with E-state index in [1.807, 2.05) is 0 Å². The first-order valence-electron chi connectivity index (χ1n) is 18.7. The van der Waals surface area contributed by atoms with Gasteiger partial charge in [-0.25, -0.2) is 0 Å². The maximum atomic E-state index is 6.81. The monoisotopic (exact) mass is 678 g/mol. The van der Waals surface area contributed by atoms with Crippen molar-refractivity contribution in [2.75, 3.05) is 0 Å². The zero-order valence-electron chi connectivity index (χ0n) is 30.7. The summed E-state index contributed by atoms with van der Waals surface area (Å²) in [4.78, 5) is 0. The van der Waals surface area contributed by atoms with Crippen LogP contribution in [-0.4, -0.2) is 24.2 Å². The summed E-state index contributed by atoms with van der Waals surface area (Å²) in [6.45, 7) is 21.3. The fourth-order valence-corrected chi connectivity index (χ4v) is 20.1. The van der Waals surface area contributed by atoms with Crippen molar-refractivity contribution in [2.24, 2.45) is 0 Å². The topological polar surface area (TPSA) is 26.3 Å². The van der Waals surface area contributed by atoms with Gasteiger partial charge in [-0.2, -0.15) is 0 Å². The lowest BCUT2D eigenvalue weighted by Crippen LogP contribution is -2.46. The summed E-state index contributed by atoms with van der Waals surface area (Å²) in [7, 11) is -4.40. The Kier molecular flexibility index (Phi) is 11.1. The Balaban J connectivity index is 0.000000193. The van der Waals surface area contributed by atoms with Gasteiger partial charge >= 0.3 is 0 Å². The fraction of sp³-hybridized carbons (Fsp3) is 0.429. The summed E-state index contributed by atoms with van der Waals surface area (Å²) in [5.74, 6) is 0. The van der Waals surface area contributed by atoms with Crippen LogP contribution in [0.25, 0.3) is 43.9 Å². The van der Waals surface area contributed by atoms with Gasteiger partial charge in [0.15, 0.2) is 0 Å². The number of benzene rings is 4. The van der Waals surface area contributed by atoms with Crippen LogP contribution >= 0.6 is 0 Å². The van der Waals surface area contributed by atoms with E-state index in [0.717, 1.165) is 11.2 Å². The van der Waals surface area contributed by atoms with Crippen LogP contribution in [0.3, 0.4) is 0 Å². The second-order valence-electron chi connectivity index (χ2n) is 13.8. The molecule has 0 bridgehead atoms. The Labute approximate surface area is 287 Å². The Hall–Kier alpha value is -2.87. The predicted octanol–water partition coefficient (Wildman–Crippen LogP) is 12.3. The van der Waals surface area contributed by atoms with Crippen LogP contribution in [0.15, 0.2) is 87.7 Å². The van der Waals surface area contributed by atoms with Crippen molar-refractivity contribution in [1.29, 1.82) is 0 Å². The normalized spacial score (nSPS) is 12.7. The van der Waals surface area contributed by atoms with Gasteiger partial charge in [-0.3, -0.25) is 0 Å². The molecule has 0 saturated carbocycles. The molecule has 0 amide bonds. The molecule has 0 N–H and O–H groups in total. The van der Waals surface area contributed by atoms with E-state index in [9.17, 15) is 0 Å². The second kappa shape index (κ2) is 14.7. The standard InChI is InChI=1S/C24H36OSi2.C18H22OSi/c1-7-26(8-2,9-3)21-17-13-15-19-20-16-14-18-22(24(20)25-23(19)21)27(10-4,11-5)12-6;1-4-20(5-2,6-3)17-13-9-11-15-14-10-7-8-12-16(14)19-18(15)17/h13-18H,7-12H2,1-6H3;7-13H,4-6H2,1-3H3. The van der Waals surface area contributed by atoms with Crippen LogP contribution in [0, 0.1) is 0 Å². The molecule has 5 heteroatoms. The molecule has 0 atom stereocenters. The highest BCUT2D eigenvalue weighted by Gasteiger charge is 2.35. The second-order valence-corrected chi connectivity index (χ2v) is 29.4. The maximum Gasteiger partial charge on any atom is 0.135 e. The van der Waals surface area contributed by atoms with Gasteiger partial charge in [0.05, 0.1) is 24.2 Å². The van der Waals surface area contributed by atoms with E-state index >= 15 is 0 Å². The van der Waals surface area contributed by atoms with Crippen molar-refractivity contribution < 1.29 is 8.83 Å². The average Bonchev–Trinajstić information content (AvgIpc) is 3.71. The molecule has 0 aliphatic carbocycles. The van der Waals surface area contributed by atoms with Gasteiger partial charge < -0.3 is 8.83 Å². The molecule has 0 aliphatic heterocycles. The molecule has 0 spiro atoms. The molecule has 0 aliphatic rings. The minimum atomic E-state index is -1.49. The van der Waals surface area contributed by atoms with Crippen molar-refractivity contribution >= 4 is 83.7 Å². The lowest BCUT2D eigenvalue weighted by atomic mass is 10.1. The SMILES string of the molecule is CC[Si](CC)(CC)c1cccc2c1oc1c([Si](CC)(CC)CC)cccc12.CC[Si](CC)(CC)c1cccc2c1oc1ccccc12. The smallest absolute Gasteiger partial charge is 0.135 e. The quantitative estimate of drug-likeness (QED) is 0.120. The highest BCUT2D eigenvalue weighted by molar-refractivity contribution is 6.94. The van der Waals surface area contributed by atoms with Gasteiger partial charge in [0, 0.05) is 21.5 Å². The largest absolute Gasteiger partial charge is 0.456 e. The van der Waals surface area contributed by atoms with E-state index in [0.29, 0.717) is 0 Å². The van der Waals surface area contributed by atoms with Gasteiger partial charge in [0.25, 0.3) is 0 Å². The predicted molar refractivity (Wildman–Crippen MR) is 218 cm³/mol. The molecule has 0 unspecified atom stereocenters. The fourth-order valence-electron chi connectivity index (χ4n) is 8.78. The number of hydrogen-bond acceptors (Lipinski definition) is 2. The number of para-hydroxylation sites is 4. The van der Waals surface area contributed by atoms with Crippen LogP contribution in [0.1, 0.15) is 62.3 Å². The molecule has 2 aromatic heterocycles. The van der Waals surface area contributed by atoms with Crippen molar-refractivity contribution in [1.82, 2.24) is 0 Å². The first-order chi connectivity index (χ1) is 22.8. The molecular formula is C42H58O2Si3. The molecule has 47 heavy (non-hydrogen) atoms. The Morgan fingerprint density at radius 2 is 0.638 bits per heavy atom. The highest BCUT2D eigenvalue weighted by atomic mass is 28.3. The first kappa shape index (κ1) is 35.4. The Morgan fingerprint density at radius 3 is 1.00 bits per heavy atom. The van der Waals surface area contributed by atoms with E-state index in [1.165, 1.54) is 92.3 Å². The van der Waals surface area contributed by atoms with E-state index < -0.39 is 24.2 Å². The number of hydrogen-bond donors (Lipinski definition) is 0. The van der Waals surface area contributed by atoms with Crippen molar-refractivity contribution in [3.8, 4) is 0 Å². The van der Waals surface area contributed by atoms with Crippen LogP contribution in [0.4, 0.5) is 0 Å². The van der Waals surface area contributed by atoms with Crippen molar-refractivity contribution in [2.45, 2.75) is 117 Å². The molecule has 6 aromatic rings. The number of fused-ring (bicyclic) bond motifs is 6. The zero-order valence-corrected chi connectivity index (χ0v) is 33.7. The highest BCUT2D eigenvalue weighted by Crippen LogP contribution is 2.34. The molecule has 250 valence electrons. The van der Waals surface area contributed by atoms with Gasteiger partial charge in [0.2, 0.25) is 0 Å². The van der Waals surface area contributed by atoms with E-state index in [-0.39, 0.29) is 0 Å². The number of rotatable bonds is 12. The van der Waals surface area contributed by atoms with Gasteiger partial charge in [-0.15, -0.1) is 0 Å². The van der Waals surface area contributed by atoms with Crippen LogP contribution in [0.5, 0.6) is 0 Å². The number of furan rings is 2. The molecular weight excluding hydrogens is 621 g/mol. The zero-order chi connectivity index (χ0) is 33.8. The lowest BCUT2D eigenvalue weighted by Gasteiger charge is -2.29. The summed E-state index contributed by atoms with van der Waals surface area (Å²) < 4.78 is 13.0. The van der Waals surface area contributed by atoms with Crippen LogP contribution in [0.2, 0.25) is 54.4 Å². The van der Waals surface area contributed by atoms with Gasteiger partial charge in [0.1, 0.15) is 22.3 Å². The van der Waals surface area contributed by atoms with E-state index in [2.05, 4.69) is 141 Å². The van der Waals surface area contributed by atoms with E-state index in [4.69, 9.17) is 8.83 Å². The molecule has 2 nitrogen and oxygen atoms in total. The lowest BCUT2D eigenvalue weighted by molar-refractivity contribution is 0.671. The van der Waals surface area contributed by atoms with E-state index in [1.54, 1.807) is 10.4 Å². The third kappa shape index (κ3) is 5.91. The van der Waals surface area contributed by atoms with Gasteiger partial charge in [-0.1, -0.05) is 190 Å².